The van der Waals surface area contributed by atoms with Gasteiger partial charge in [0.15, 0.2) is 24.6 Å². The second-order valence-electron chi connectivity index (χ2n) is 12.1. The summed E-state index contributed by atoms with van der Waals surface area (Å²) in [6.45, 7) is 5.95. The Bertz CT molecular complexity index is 1030. The van der Waals surface area contributed by atoms with Gasteiger partial charge in [-0.05, 0) is 18.4 Å². The van der Waals surface area contributed by atoms with Crippen molar-refractivity contribution < 1.29 is 52.7 Å². The highest BCUT2D eigenvalue weighted by molar-refractivity contribution is 5.68. The number of azide groups is 1. The van der Waals surface area contributed by atoms with Crippen molar-refractivity contribution in [3.8, 4) is 0 Å². The lowest BCUT2D eigenvalue weighted by Gasteiger charge is -2.44. The zero-order valence-corrected chi connectivity index (χ0v) is 29.4. The van der Waals surface area contributed by atoms with E-state index in [9.17, 15) is 24.3 Å². The van der Waals surface area contributed by atoms with Crippen molar-refractivity contribution in [1.29, 1.82) is 0 Å². The van der Waals surface area contributed by atoms with Gasteiger partial charge < -0.3 is 33.5 Å². The van der Waals surface area contributed by atoms with Gasteiger partial charge in [-0.2, -0.15) is 0 Å². The Morgan fingerprint density at radius 3 is 1.77 bits per heavy atom. The number of nitrogens with zero attached hydrogens (tertiary/aromatic N) is 3. The van der Waals surface area contributed by atoms with E-state index in [2.05, 4.69) is 16.9 Å². The molecule has 0 aromatic carbocycles. The smallest absolute Gasteiger partial charge is 0.303 e. The minimum atomic E-state index is -1.45. The third-order valence-electron chi connectivity index (χ3n) is 7.78. The standard InChI is InChI=1S/C34H57N3O11/c1-6-7-8-9-10-11-12-13-14-15-16-17-18-19-20-21-29(42)28(36-37-35)22-44-34-33(47-27(5)41)32(46-26(4)40)31(45-25(3)39)30(48-34)23-43-24(2)38/h20-21,28-34,42H,6-19,22-23H2,1-5H3/t28-,29+,30+,31+,32-,33+,34+/m0/s1. The summed E-state index contributed by atoms with van der Waals surface area (Å²) >= 11 is 0. The highest BCUT2D eigenvalue weighted by atomic mass is 16.7. The maximum absolute atomic E-state index is 12.0. The Kier molecular flexibility index (Phi) is 23.0. The lowest BCUT2D eigenvalue weighted by molar-refractivity contribution is -0.309. The van der Waals surface area contributed by atoms with Crippen molar-refractivity contribution in [2.24, 2.45) is 5.11 Å². The van der Waals surface area contributed by atoms with Gasteiger partial charge in [-0.15, -0.1) is 0 Å². The van der Waals surface area contributed by atoms with Crippen molar-refractivity contribution in [3.63, 3.8) is 0 Å². The van der Waals surface area contributed by atoms with Crippen LogP contribution in [0.5, 0.6) is 0 Å². The summed E-state index contributed by atoms with van der Waals surface area (Å²) < 4.78 is 32.9. The zero-order chi connectivity index (χ0) is 35.7. The largest absolute Gasteiger partial charge is 0.463 e. The van der Waals surface area contributed by atoms with E-state index < -0.39 is 73.3 Å². The fraction of sp³-hybridized carbons (Fsp3) is 0.824. The van der Waals surface area contributed by atoms with E-state index in [0.717, 1.165) is 46.5 Å². The first-order chi connectivity index (χ1) is 23.0. The van der Waals surface area contributed by atoms with E-state index in [0.29, 0.717) is 0 Å². The molecule has 1 heterocycles. The third kappa shape index (κ3) is 19.0. The Morgan fingerprint density at radius 2 is 1.27 bits per heavy atom. The number of aliphatic hydroxyl groups is 1. The van der Waals surface area contributed by atoms with Crippen molar-refractivity contribution >= 4 is 23.9 Å². The highest BCUT2D eigenvalue weighted by Crippen LogP contribution is 2.30. The van der Waals surface area contributed by atoms with E-state index >= 15 is 0 Å². The van der Waals surface area contributed by atoms with Crippen LogP contribution in [0, 0.1) is 0 Å². The summed E-state index contributed by atoms with van der Waals surface area (Å²) in [4.78, 5) is 50.3. The van der Waals surface area contributed by atoms with Crippen LogP contribution in [-0.4, -0.2) is 85.0 Å². The Balaban J connectivity index is 2.74. The molecule has 0 aliphatic carbocycles. The van der Waals surface area contributed by atoms with Gasteiger partial charge >= 0.3 is 23.9 Å². The molecule has 0 amide bonds. The maximum Gasteiger partial charge on any atom is 0.303 e. The second-order valence-corrected chi connectivity index (χ2v) is 12.1. The number of carbonyl (C=O) groups is 4. The molecule has 0 aromatic rings. The monoisotopic (exact) mass is 683 g/mol. The summed E-state index contributed by atoms with van der Waals surface area (Å²) in [7, 11) is 0. The van der Waals surface area contributed by atoms with Crippen molar-refractivity contribution in [2.75, 3.05) is 13.2 Å². The fourth-order valence-electron chi connectivity index (χ4n) is 5.43. The molecule has 0 saturated carbocycles. The summed E-state index contributed by atoms with van der Waals surface area (Å²) in [5, 5.41) is 14.4. The molecular weight excluding hydrogens is 626 g/mol. The van der Waals surface area contributed by atoms with Gasteiger partial charge in [-0.25, -0.2) is 0 Å². The topological polar surface area (TPSA) is 193 Å². The number of unbranched alkanes of at least 4 members (excludes halogenated alkanes) is 13. The SMILES string of the molecule is CCCCCCCCCCCCCCCC=C[C@@H](O)[C@H](CO[C@@H]1O[C@H](COC(C)=O)[C@@H](OC(C)=O)[C@H](OC(C)=O)[C@H]1OC(C)=O)N=[N+]=[N-]. The fourth-order valence-corrected chi connectivity index (χ4v) is 5.43. The number of rotatable bonds is 25. The predicted molar refractivity (Wildman–Crippen MR) is 176 cm³/mol. The van der Waals surface area contributed by atoms with Gasteiger partial charge in [0, 0.05) is 32.6 Å². The van der Waals surface area contributed by atoms with Crippen LogP contribution in [0.4, 0.5) is 0 Å². The highest BCUT2D eigenvalue weighted by Gasteiger charge is 2.53. The van der Waals surface area contributed by atoms with Crippen molar-refractivity contribution in [2.45, 2.75) is 167 Å². The average Bonchev–Trinajstić information content (AvgIpc) is 3.01. The van der Waals surface area contributed by atoms with Gasteiger partial charge in [0.1, 0.15) is 12.7 Å². The molecular formula is C34H57N3O11. The van der Waals surface area contributed by atoms with Gasteiger partial charge in [0.25, 0.3) is 0 Å². The molecule has 0 bridgehead atoms. The summed E-state index contributed by atoms with van der Waals surface area (Å²) in [6.07, 6.45) is 12.4. The summed E-state index contributed by atoms with van der Waals surface area (Å²) in [5.41, 5.74) is 9.13. The first-order valence-electron chi connectivity index (χ1n) is 17.3. The molecule has 0 spiro atoms. The molecule has 1 rings (SSSR count). The number of aliphatic hydroxyl groups excluding tert-OH is 1. The van der Waals surface area contributed by atoms with Crippen LogP contribution >= 0.6 is 0 Å². The molecule has 1 aliphatic rings. The van der Waals surface area contributed by atoms with Gasteiger partial charge in [-0.3, -0.25) is 19.2 Å². The quantitative estimate of drug-likeness (QED) is 0.0220. The number of hydrogen-bond acceptors (Lipinski definition) is 12. The lowest BCUT2D eigenvalue weighted by atomic mass is 9.98. The molecule has 1 aliphatic heterocycles. The van der Waals surface area contributed by atoms with Crippen LogP contribution in [0.3, 0.4) is 0 Å². The average molecular weight is 684 g/mol. The minimum absolute atomic E-state index is 0.387. The van der Waals surface area contributed by atoms with E-state index in [1.807, 2.05) is 6.08 Å². The second kappa shape index (κ2) is 25.8. The number of allylic oxidation sites excluding steroid dienone is 1. The third-order valence-corrected chi connectivity index (χ3v) is 7.78. The van der Waals surface area contributed by atoms with Crippen molar-refractivity contribution in [3.05, 3.63) is 22.6 Å². The van der Waals surface area contributed by atoms with E-state index in [-0.39, 0.29) is 6.61 Å². The minimum Gasteiger partial charge on any atom is -0.463 e. The number of ether oxygens (including phenoxy) is 6. The Morgan fingerprint density at radius 1 is 0.771 bits per heavy atom. The normalized spacial score (nSPS) is 21.9. The predicted octanol–water partition coefficient (Wildman–Crippen LogP) is 6.16. The van der Waals surface area contributed by atoms with Crippen LogP contribution < -0.4 is 0 Å². The zero-order valence-electron chi connectivity index (χ0n) is 29.4. The molecule has 1 fully saturated rings. The van der Waals surface area contributed by atoms with Crippen LogP contribution in [0.15, 0.2) is 17.3 Å². The molecule has 0 unspecified atom stereocenters. The lowest BCUT2D eigenvalue weighted by Crippen LogP contribution is -2.63. The summed E-state index contributed by atoms with van der Waals surface area (Å²) in [6, 6.07) is -1.09. The van der Waals surface area contributed by atoms with Crippen LogP contribution in [-0.2, 0) is 47.6 Å². The summed E-state index contributed by atoms with van der Waals surface area (Å²) in [5.74, 6) is -2.97. The first-order valence-corrected chi connectivity index (χ1v) is 17.3. The van der Waals surface area contributed by atoms with Crippen molar-refractivity contribution in [1.82, 2.24) is 0 Å². The van der Waals surface area contributed by atoms with Gasteiger partial charge in [-0.1, -0.05) is 101 Å². The molecule has 48 heavy (non-hydrogen) atoms. The number of esters is 4. The van der Waals surface area contributed by atoms with Crippen LogP contribution in [0.2, 0.25) is 0 Å². The molecule has 14 heteroatoms. The molecule has 0 radical (unpaired) electrons. The number of hydrogen-bond donors (Lipinski definition) is 1. The Hall–Kier alpha value is -3.19. The molecule has 1 N–H and O–H groups in total. The van der Waals surface area contributed by atoms with Crippen LogP contribution in [0.25, 0.3) is 10.4 Å². The van der Waals surface area contributed by atoms with Gasteiger partial charge in [0.2, 0.25) is 0 Å². The molecule has 1 saturated heterocycles. The maximum atomic E-state index is 12.0. The molecule has 14 nitrogen and oxygen atoms in total. The molecule has 7 atom stereocenters. The van der Waals surface area contributed by atoms with E-state index in [1.54, 1.807) is 0 Å². The first kappa shape index (κ1) is 42.8. The molecule has 274 valence electrons. The van der Waals surface area contributed by atoms with Crippen LogP contribution in [0.1, 0.15) is 125 Å². The van der Waals surface area contributed by atoms with E-state index in [1.165, 1.54) is 77.2 Å². The van der Waals surface area contributed by atoms with Gasteiger partial charge in [0.05, 0.1) is 18.8 Å². The Labute approximate surface area is 284 Å². The number of carbonyl (C=O) groups excluding carboxylic acids is 4. The molecule has 0 aromatic heterocycles. The van der Waals surface area contributed by atoms with E-state index in [4.69, 9.17) is 34.0 Å².